The highest BCUT2D eigenvalue weighted by Gasteiger charge is 2.42. The van der Waals surface area contributed by atoms with Crippen molar-refractivity contribution in [3.05, 3.63) is 27.7 Å². The lowest BCUT2D eigenvalue weighted by atomic mass is 10.1. The minimum Gasteiger partial charge on any atom is -0.478 e. The molecule has 0 radical (unpaired) electrons. The van der Waals surface area contributed by atoms with E-state index < -0.39 is 16.0 Å². The van der Waals surface area contributed by atoms with Gasteiger partial charge in [0.05, 0.1) is 10.5 Å². The van der Waals surface area contributed by atoms with Crippen LogP contribution in [0, 0.1) is 12.3 Å². The Morgan fingerprint density at radius 2 is 2.05 bits per heavy atom. The third kappa shape index (κ3) is 3.45. The summed E-state index contributed by atoms with van der Waals surface area (Å²) in [6, 6.07) is 2.53. The van der Waals surface area contributed by atoms with Crippen molar-refractivity contribution < 1.29 is 23.4 Å². The van der Waals surface area contributed by atoms with Gasteiger partial charge in [-0.25, -0.2) is 17.9 Å². The van der Waals surface area contributed by atoms with Crippen molar-refractivity contribution in [1.29, 1.82) is 0 Å². The highest BCUT2D eigenvalue weighted by Crippen LogP contribution is 2.44. The topological polar surface area (TPSA) is 104 Å². The first-order chi connectivity index (χ1) is 9.71. The Kier molecular flexibility index (Phi) is 4.44. The zero-order valence-electron chi connectivity index (χ0n) is 11.4. The van der Waals surface area contributed by atoms with Gasteiger partial charge < -0.3 is 10.2 Å². The Hall–Kier alpha value is -0.960. The molecule has 0 aliphatic heterocycles. The van der Waals surface area contributed by atoms with Crippen LogP contribution in [0.4, 0.5) is 0 Å². The summed E-state index contributed by atoms with van der Waals surface area (Å²) < 4.78 is 27.5. The van der Waals surface area contributed by atoms with Gasteiger partial charge in [-0.1, -0.05) is 0 Å². The average molecular weight is 378 g/mol. The van der Waals surface area contributed by atoms with Crippen LogP contribution in [0.15, 0.2) is 21.5 Å². The quantitative estimate of drug-likeness (QED) is 0.696. The summed E-state index contributed by atoms with van der Waals surface area (Å²) in [7, 11) is -3.84. The highest BCUT2D eigenvalue weighted by atomic mass is 79.9. The highest BCUT2D eigenvalue weighted by molar-refractivity contribution is 9.10. The van der Waals surface area contributed by atoms with E-state index >= 15 is 0 Å². The van der Waals surface area contributed by atoms with Crippen molar-refractivity contribution in [3.63, 3.8) is 0 Å². The summed E-state index contributed by atoms with van der Waals surface area (Å²) in [6.45, 7) is 1.71. The van der Waals surface area contributed by atoms with E-state index in [0.29, 0.717) is 10.0 Å². The predicted octanol–water partition coefficient (Wildman–Crippen LogP) is 1.51. The van der Waals surface area contributed by atoms with Gasteiger partial charge in [0.2, 0.25) is 10.0 Å². The standard InChI is InChI=1S/C13H16BrNO5S/c1-8-4-9(12(17)18)5-10(11(8)14)21(19,20)15-6-13(7-16)2-3-13/h4-5,15-16H,2-3,6-7H2,1H3,(H,17,18). The Labute approximate surface area is 131 Å². The van der Waals surface area contributed by atoms with Gasteiger partial charge in [-0.15, -0.1) is 0 Å². The molecular weight excluding hydrogens is 362 g/mol. The molecule has 0 spiro atoms. The molecule has 0 heterocycles. The molecule has 1 saturated carbocycles. The van der Waals surface area contributed by atoms with Gasteiger partial charge in [-0.3, -0.25) is 0 Å². The number of sulfonamides is 1. The SMILES string of the molecule is Cc1cc(C(=O)O)cc(S(=O)(=O)NCC2(CO)CC2)c1Br. The molecule has 0 saturated heterocycles. The molecular formula is C13H16BrNO5S. The maximum atomic E-state index is 12.4. The van der Waals surface area contributed by atoms with E-state index in [4.69, 9.17) is 5.11 Å². The summed E-state index contributed by atoms with van der Waals surface area (Å²) in [4.78, 5) is 11.0. The third-order valence-corrected chi connectivity index (χ3v) is 6.43. The minimum atomic E-state index is -3.84. The van der Waals surface area contributed by atoms with Gasteiger partial charge in [-0.05, 0) is 53.4 Å². The number of carbonyl (C=O) groups is 1. The van der Waals surface area contributed by atoms with Crippen LogP contribution >= 0.6 is 15.9 Å². The fourth-order valence-electron chi connectivity index (χ4n) is 1.95. The van der Waals surface area contributed by atoms with Crippen LogP contribution < -0.4 is 4.72 Å². The minimum absolute atomic E-state index is 0.0646. The van der Waals surface area contributed by atoms with Crippen LogP contribution in [0.1, 0.15) is 28.8 Å². The Morgan fingerprint density at radius 1 is 1.43 bits per heavy atom. The second kappa shape index (κ2) is 5.68. The lowest BCUT2D eigenvalue weighted by molar-refractivity contribution is 0.0696. The molecule has 1 aromatic carbocycles. The normalized spacial score (nSPS) is 16.7. The fourth-order valence-corrected chi connectivity index (χ4v) is 4.15. The Balaban J connectivity index is 2.33. The van der Waals surface area contributed by atoms with Gasteiger partial charge in [-0.2, -0.15) is 0 Å². The summed E-state index contributed by atoms with van der Waals surface area (Å²) in [5.41, 5.74) is 0.0804. The number of aryl methyl sites for hydroxylation is 1. The van der Waals surface area contributed by atoms with Gasteiger partial charge in [0.25, 0.3) is 0 Å². The first kappa shape index (κ1) is 16.4. The first-order valence-electron chi connectivity index (χ1n) is 6.35. The van der Waals surface area contributed by atoms with Crippen molar-refractivity contribution in [3.8, 4) is 0 Å². The number of hydrogen-bond donors (Lipinski definition) is 3. The molecule has 0 atom stereocenters. The average Bonchev–Trinajstić information content (AvgIpc) is 3.20. The number of aliphatic hydroxyl groups is 1. The van der Waals surface area contributed by atoms with Crippen LogP contribution in [0.5, 0.6) is 0 Å². The van der Waals surface area contributed by atoms with Gasteiger partial charge in [0.1, 0.15) is 0 Å². The maximum absolute atomic E-state index is 12.4. The van der Waals surface area contributed by atoms with Crippen molar-refractivity contribution in [1.82, 2.24) is 4.72 Å². The molecule has 1 fully saturated rings. The number of aliphatic hydroxyl groups excluding tert-OH is 1. The molecule has 6 nitrogen and oxygen atoms in total. The first-order valence-corrected chi connectivity index (χ1v) is 8.62. The zero-order chi connectivity index (χ0) is 15.8. The van der Waals surface area contributed by atoms with Gasteiger partial charge >= 0.3 is 5.97 Å². The molecule has 21 heavy (non-hydrogen) atoms. The number of rotatable bonds is 6. The van der Waals surface area contributed by atoms with Crippen molar-refractivity contribution in [2.24, 2.45) is 5.41 Å². The van der Waals surface area contributed by atoms with E-state index in [0.717, 1.165) is 18.9 Å². The molecule has 1 aliphatic carbocycles. The number of carboxylic acids is 1. The second-order valence-corrected chi connectivity index (χ2v) is 7.92. The van der Waals surface area contributed by atoms with Crippen LogP contribution in [0.3, 0.4) is 0 Å². The fraction of sp³-hybridized carbons (Fsp3) is 0.462. The predicted molar refractivity (Wildman–Crippen MR) is 79.8 cm³/mol. The molecule has 3 N–H and O–H groups in total. The van der Waals surface area contributed by atoms with E-state index in [2.05, 4.69) is 20.7 Å². The zero-order valence-corrected chi connectivity index (χ0v) is 13.8. The largest absolute Gasteiger partial charge is 0.478 e. The Bertz CT molecular complexity index is 682. The smallest absolute Gasteiger partial charge is 0.335 e. The van der Waals surface area contributed by atoms with Crippen molar-refractivity contribution in [2.75, 3.05) is 13.2 Å². The number of nitrogens with one attached hydrogen (secondary N) is 1. The summed E-state index contributed by atoms with van der Waals surface area (Å²) >= 11 is 3.19. The number of carboxylic acid groups (broad SMARTS) is 1. The lowest BCUT2D eigenvalue weighted by Gasteiger charge is -2.15. The third-order valence-electron chi connectivity index (χ3n) is 3.69. The Morgan fingerprint density at radius 3 is 2.52 bits per heavy atom. The summed E-state index contributed by atoms with van der Waals surface area (Å²) in [5.74, 6) is -1.18. The van der Waals surface area contributed by atoms with Crippen molar-refractivity contribution >= 4 is 31.9 Å². The van der Waals surface area contributed by atoms with Gasteiger partial charge in [0, 0.05) is 23.0 Å². The van der Waals surface area contributed by atoms with E-state index in [9.17, 15) is 18.3 Å². The van der Waals surface area contributed by atoms with Crippen LogP contribution in [0.2, 0.25) is 0 Å². The molecule has 116 valence electrons. The molecule has 2 rings (SSSR count). The number of hydrogen-bond acceptors (Lipinski definition) is 4. The van der Waals surface area contributed by atoms with E-state index in [-0.39, 0.29) is 29.0 Å². The lowest BCUT2D eigenvalue weighted by Crippen LogP contribution is -2.32. The maximum Gasteiger partial charge on any atom is 0.335 e. The molecule has 8 heteroatoms. The molecule has 0 unspecified atom stereocenters. The molecule has 0 amide bonds. The van der Waals surface area contributed by atoms with Crippen LogP contribution in [-0.2, 0) is 10.0 Å². The van der Waals surface area contributed by atoms with Crippen LogP contribution in [0.25, 0.3) is 0 Å². The van der Waals surface area contributed by atoms with Crippen molar-refractivity contribution in [2.45, 2.75) is 24.7 Å². The molecule has 0 bridgehead atoms. The molecule has 0 aromatic heterocycles. The molecule has 1 aromatic rings. The number of halogens is 1. The molecule has 1 aliphatic rings. The summed E-state index contributed by atoms with van der Waals surface area (Å²) in [6.07, 6.45) is 1.56. The monoisotopic (exact) mass is 377 g/mol. The van der Waals surface area contributed by atoms with Gasteiger partial charge in [0.15, 0.2) is 0 Å². The summed E-state index contributed by atoms with van der Waals surface area (Å²) in [5, 5.41) is 18.3. The van der Waals surface area contributed by atoms with E-state index in [1.807, 2.05) is 0 Å². The number of benzene rings is 1. The van der Waals surface area contributed by atoms with E-state index in [1.54, 1.807) is 6.92 Å². The van der Waals surface area contributed by atoms with Crippen LogP contribution in [-0.4, -0.2) is 37.8 Å². The second-order valence-electron chi connectivity index (χ2n) is 5.39. The van der Waals surface area contributed by atoms with E-state index in [1.165, 1.54) is 6.07 Å². The number of aromatic carboxylic acids is 1.